The molecule has 1 N–H and O–H groups in total. The number of hydrogen-bond acceptors (Lipinski definition) is 3. The normalized spacial score (nSPS) is 11.9. The van der Waals surface area contributed by atoms with Gasteiger partial charge in [0.15, 0.2) is 11.5 Å². The van der Waals surface area contributed by atoms with Crippen LogP contribution in [-0.4, -0.2) is 14.2 Å². The molecule has 0 spiro atoms. The van der Waals surface area contributed by atoms with Gasteiger partial charge in [-0.05, 0) is 65.4 Å². The monoisotopic (exact) mass is 417 g/mol. The summed E-state index contributed by atoms with van der Waals surface area (Å²) in [4.78, 5) is 0. The van der Waals surface area contributed by atoms with E-state index in [0.717, 1.165) is 26.3 Å². The first kappa shape index (κ1) is 16.2. The summed E-state index contributed by atoms with van der Waals surface area (Å²) < 4.78 is 11.7. The van der Waals surface area contributed by atoms with Crippen LogP contribution in [0.25, 0.3) is 0 Å². The Morgan fingerprint density at radius 2 is 1.76 bits per heavy atom. The molecule has 0 aliphatic rings. The van der Waals surface area contributed by atoms with E-state index in [0.29, 0.717) is 5.02 Å². The van der Waals surface area contributed by atoms with E-state index in [1.54, 1.807) is 14.2 Å². The summed E-state index contributed by atoms with van der Waals surface area (Å²) in [6.07, 6.45) is 0. The van der Waals surface area contributed by atoms with Crippen LogP contribution in [0.4, 0.5) is 5.69 Å². The van der Waals surface area contributed by atoms with E-state index in [9.17, 15) is 0 Å². The number of anilines is 1. The zero-order valence-corrected chi connectivity index (χ0v) is 15.0. The fraction of sp³-hybridized carbons (Fsp3) is 0.250. The lowest BCUT2D eigenvalue weighted by atomic mass is 10.1. The highest BCUT2D eigenvalue weighted by Crippen LogP contribution is 2.32. The van der Waals surface area contributed by atoms with Gasteiger partial charge in [0.2, 0.25) is 0 Å². The van der Waals surface area contributed by atoms with Crippen molar-refractivity contribution in [2.24, 2.45) is 0 Å². The molecule has 2 aromatic rings. The Hall–Kier alpha value is -1.14. The SMILES string of the molecule is COc1ccc(C(C)Nc2ccc(I)cc2Cl)cc1OC. The van der Waals surface area contributed by atoms with Crippen LogP contribution >= 0.6 is 34.2 Å². The molecule has 112 valence electrons. The summed E-state index contributed by atoms with van der Waals surface area (Å²) >= 11 is 8.50. The fourth-order valence-corrected chi connectivity index (χ4v) is 2.96. The lowest BCUT2D eigenvalue weighted by Crippen LogP contribution is -2.07. The molecule has 0 aliphatic heterocycles. The first-order chi connectivity index (χ1) is 10.0. The van der Waals surface area contributed by atoms with E-state index in [2.05, 4.69) is 34.8 Å². The second-order valence-corrected chi connectivity index (χ2v) is 6.26. The Morgan fingerprint density at radius 1 is 1.05 bits per heavy atom. The molecule has 0 radical (unpaired) electrons. The van der Waals surface area contributed by atoms with Crippen molar-refractivity contribution in [3.63, 3.8) is 0 Å². The van der Waals surface area contributed by atoms with Crippen LogP contribution in [-0.2, 0) is 0 Å². The summed E-state index contributed by atoms with van der Waals surface area (Å²) in [5.41, 5.74) is 2.02. The van der Waals surface area contributed by atoms with Crippen LogP contribution < -0.4 is 14.8 Å². The molecule has 1 atom stereocenters. The number of benzene rings is 2. The zero-order valence-electron chi connectivity index (χ0n) is 12.1. The second-order valence-electron chi connectivity index (χ2n) is 4.60. The predicted molar refractivity (Wildman–Crippen MR) is 95.8 cm³/mol. The summed E-state index contributed by atoms with van der Waals surface area (Å²) in [7, 11) is 3.26. The van der Waals surface area contributed by atoms with Crippen molar-refractivity contribution >= 4 is 39.9 Å². The zero-order chi connectivity index (χ0) is 15.4. The third-order valence-electron chi connectivity index (χ3n) is 3.21. The molecule has 2 aromatic carbocycles. The minimum Gasteiger partial charge on any atom is -0.493 e. The minimum absolute atomic E-state index is 0.0994. The van der Waals surface area contributed by atoms with Crippen molar-refractivity contribution in [1.29, 1.82) is 0 Å². The van der Waals surface area contributed by atoms with E-state index in [1.807, 2.05) is 36.4 Å². The van der Waals surface area contributed by atoms with Crippen LogP contribution in [0.15, 0.2) is 36.4 Å². The summed E-state index contributed by atoms with van der Waals surface area (Å²) in [6, 6.07) is 11.9. The van der Waals surface area contributed by atoms with Gasteiger partial charge in [-0.15, -0.1) is 0 Å². The van der Waals surface area contributed by atoms with Gasteiger partial charge in [0.25, 0.3) is 0 Å². The molecule has 3 nitrogen and oxygen atoms in total. The predicted octanol–water partition coefficient (Wildman–Crippen LogP) is 5.13. The molecular weight excluding hydrogens is 401 g/mol. The molecule has 5 heteroatoms. The summed E-state index contributed by atoms with van der Waals surface area (Å²) in [6.45, 7) is 2.08. The summed E-state index contributed by atoms with van der Waals surface area (Å²) in [5, 5.41) is 4.13. The third-order valence-corrected chi connectivity index (χ3v) is 4.19. The number of rotatable bonds is 5. The largest absolute Gasteiger partial charge is 0.493 e. The highest BCUT2D eigenvalue weighted by Gasteiger charge is 2.11. The van der Waals surface area contributed by atoms with Crippen molar-refractivity contribution < 1.29 is 9.47 Å². The maximum atomic E-state index is 6.26. The van der Waals surface area contributed by atoms with Gasteiger partial charge >= 0.3 is 0 Å². The minimum atomic E-state index is 0.0994. The average molecular weight is 418 g/mol. The van der Waals surface area contributed by atoms with Crippen LogP contribution in [0.5, 0.6) is 11.5 Å². The van der Waals surface area contributed by atoms with Crippen molar-refractivity contribution in [3.8, 4) is 11.5 Å². The van der Waals surface area contributed by atoms with Crippen LogP contribution in [0.2, 0.25) is 5.02 Å². The Balaban J connectivity index is 2.21. The van der Waals surface area contributed by atoms with E-state index in [4.69, 9.17) is 21.1 Å². The van der Waals surface area contributed by atoms with Crippen molar-refractivity contribution in [1.82, 2.24) is 0 Å². The van der Waals surface area contributed by atoms with Gasteiger partial charge in [0.05, 0.1) is 24.9 Å². The molecule has 0 fully saturated rings. The van der Waals surface area contributed by atoms with Crippen molar-refractivity contribution in [2.75, 3.05) is 19.5 Å². The Labute approximate surface area is 143 Å². The molecule has 0 saturated carbocycles. The Kier molecular flexibility index (Phi) is 5.58. The molecule has 0 heterocycles. The highest BCUT2D eigenvalue weighted by molar-refractivity contribution is 14.1. The molecule has 1 unspecified atom stereocenters. The fourth-order valence-electron chi connectivity index (χ4n) is 2.05. The van der Waals surface area contributed by atoms with Crippen molar-refractivity contribution in [2.45, 2.75) is 13.0 Å². The van der Waals surface area contributed by atoms with Gasteiger partial charge in [-0.25, -0.2) is 0 Å². The Morgan fingerprint density at radius 3 is 2.38 bits per heavy atom. The highest BCUT2D eigenvalue weighted by atomic mass is 127. The number of methoxy groups -OCH3 is 2. The van der Waals surface area contributed by atoms with Gasteiger partial charge < -0.3 is 14.8 Å². The van der Waals surface area contributed by atoms with Gasteiger partial charge in [0.1, 0.15) is 0 Å². The summed E-state index contributed by atoms with van der Waals surface area (Å²) in [5.74, 6) is 1.44. The topological polar surface area (TPSA) is 30.5 Å². The first-order valence-electron chi connectivity index (χ1n) is 6.48. The van der Waals surface area contributed by atoms with Crippen LogP contribution in [0.3, 0.4) is 0 Å². The number of ether oxygens (including phenoxy) is 2. The van der Waals surface area contributed by atoms with Crippen LogP contribution in [0.1, 0.15) is 18.5 Å². The van der Waals surface area contributed by atoms with E-state index >= 15 is 0 Å². The molecular formula is C16H17ClINO2. The molecule has 21 heavy (non-hydrogen) atoms. The van der Waals surface area contributed by atoms with E-state index in [1.165, 1.54) is 0 Å². The van der Waals surface area contributed by atoms with Gasteiger partial charge in [-0.3, -0.25) is 0 Å². The Bertz CT molecular complexity index is 634. The lowest BCUT2D eigenvalue weighted by molar-refractivity contribution is 0.354. The number of halogens is 2. The smallest absolute Gasteiger partial charge is 0.161 e. The van der Waals surface area contributed by atoms with Crippen molar-refractivity contribution in [3.05, 3.63) is 50.6 Å². The second kappa shape index (κ2) is 7.22. The maximum Gasteiger partial charge on any atom is 0.161 e. The van der Waals surface area contributed by atoms with Crippen LogP contribution in [0, 0.1) is 3.57 Å². The molecule has 0 amide bonds. The number of hydrogen-bond donors (Lipinski definition) is 1. The maximum absolute atomic E-state index is 6.26. The molecule has 0 aliphatic carbocycles. The third kappa shape index (κ3) is 3.95. The first-order valence-corrected chi connectivity index (χ1v) is 7.94. The molecule has 0 bridgehead atoms. The number of nitrogens with one attached hydrogen (secondary N) is 1. The van der Waals surface area contributed by atoms with E-state index in [-0.39, 0.29) is 6.04 Å². The van der Waals surface area contributed by atoms with E-state index < -0.39 is 0 Å². The molecule has 2 rings (SSSR count). The molecule has 0 aromatic heterocycles. The average Bonchev–Trinajstić information content (AvgIpc) is 2.49. The molecule has 0 saturated heterocycles. The lowest BCUT2D eigenvalue weighted by Gasteiger charge is -2.18. The standard InChI is InChI=1S/C16H17ClINO2/c1-10(19-14-6-5-12(18)9-13(14)17)11-4-7-15(20-2)16(8-11)21-3/h4-10,19H,1-3H3. The van der Waals surface area contributed by atoms with Gasteiger partial charge in [-0.2, -0.15) is 0 Å². The van der Waals surface area contributed by atoms with Gasteiger partial charge in [-0.1, -0.05) is 17.7 Å². The van der Waals surface area contributed by atoms with Gasteiger partial charge in [0, 0.05) is 9.61 Å². The quantitative estimate of drug-likeness (QED) is 0.684.